The summed E-state index contributed by atoms with van der Waals surface area (Å²) in [5.74, 6) is -3.02. The number of aliphatic hydroxyl groups is 1. The number of amides is 2. The van der Waals surface area contributed by atoms with Gasteiger partial charge >= 0.3 is 5.91 Å². The molecule has 2 N–H and O–H groups in total. The minimum absolute atomic E-state index is 0.0900. The predicted molar refractivity (Wildman–Crippen MR) is 130 cm³/mol. The lowest BCUT2D eigenvalue weighted by Gasteiger charge is -2.15. The smallest absolute Gasteiger partial charge is 0.310 e. The molecule has 1 aliphatic rings. The summed E-state index contributed by atoms with van der Waals surface area (Å²) < 4.78 is 1.47. The predicted octanol–water partition coefficient (Wildman–Crippen LogP) is 2.61. The molecule has 8 nitrogen and oxygen atoms in total. The molecule has 2 heterocycles. The molecule has 0 aliphatic carbocycles. The number of carbonyl (C=O) groups excluding carboxylic acids is 3. The number of nitrogens with zero attached hydrogens (tertiary/aromatic N) is 2. The van der Waals surface area contributed by atoms with Crippen molar-refractivity contribution in [3.63, 3.8) is 0 Å². The first-order valence-corrected chi connectivity index (χ1v) is 11.3. The summed E-state index contributed by atoms with van der Waals surface area (Å²) in [6.07, 6.45) is 3.83. The maximum absolute atomic E-state index is 13.2. The van der Waals surface area contributed by atoms with Gasteiger partial charge in [-0.15, -0.1) is 0 Å². The summed E-state index contributed by atoms with van der Waals surface area (Å²) >= 11 is 0. The minimum Gasteiger partial charge on any atom is -0.507 e. The largest absolute Gasteiger partial charge is 0.507 e. The third-order valence-electron chi connectivity index (χ3n) is 5.67. The highest BCUT2D eigenvalue weighted by Crippen LogP contribution is 2.15. The van der Waals surface area contributed by atoms with Crippen molar-refractivity contribution in [2.24, 2.45) is 0 Å². The fourth-order valence-corrected chi connectivity index (χ4v) is 3.92. The van der Waals surface area contributed by atoms with Gasteiger partial charge in [-0.25, -0.2) is 0 Å². The van der Waals surface area contributed by atoms with Crippen molar-refractivity contribution >= 4 is 23.4 Å². The first-order valence-electron chi connectivity index (χ1n) is 11.3. The average molecular weight is 472 g/mol. The highest BCUT2D eigenvalue weighted by molar-refractivity contribution is 6.41. The minimum atomic E-state index is -1.07. The molecule has 1 aliphatic heterocycles. The van der Waals surface area contributed by atoms with Crippen LogP contribution < -0.4 is 11.0 Å². The summed E-state index contributed by atoms with van der Waals surface area (Å²) in [5, 5.41) is 11.8. The molecule has 1 fully saturated rings. The van der Waals surface area contributed by atoms with Crippen LogP contribution in [0, 0.1) is 0 Å². The number of aromatic nitrogens is 1. The van der Waals surface area contributed by atoms with Gasteiger partial charge in [0.15, 0.2) is 0 Å². The topological polar surface area (TPSA) is 109 Å². The summed E-state index contributed by atoms with van der Waals surface area (Å²) in [4.78, 5) is 49.5. The molecule has 178 valence electrons. The van der Waals surface area contributed by atoms with Crippen LogP contribution in [0.4, 0.5) is 0 Å². The zero-order valence-corrected chi connectivity index (χ0v) is 19.0. The Hall–Kier alpha value is -4.46. The van der Waals surface area contributed by atoms with E-state index < -0.39 is 23.0 Å². The highest BCUT2D eigenvalue weighted by atomic mass is 16.3. The molecule has 35 heavy (non-hydrogen) atoms. The Labute approximate surface area is 202 Å². The Morgan fingerprint density at radius 1 is 0.943 bits per heavy atom. The molecular formula is C27H25N3O5. The molecule has 0 spiro atoms. The van der Waals surface area contributed by atoms with Crippen molar-refractivity contribution in [3.05, 3.63) is 112 Å². The monoisotopic (exact) mass is 471 g/mol. The van der Waals surface area contributed by atoms with Crippen LogP contribution in [-0.4, -0.2) is 38.8 Å². The molecular weight excluding hydrogens is 446 g/mol. The number of aliphatic hydroxyl groups excluding tert-OH is 1. The molecule has 3 aromatic rings. The molecule has 0 bridgehead atoms. The molecule has 2 amide bonds. The van der Waals surface area contributed by atoms with E-state index in [0.717, 1.165) is 21.7 Å². The van der Waals surface area contributed by atoms with Gasteiger partial charge in [0.25, 0.3) is 5.56 Å². The summed E-state index contributed by atoms with van der Waals surface area (Å²) in [6.45, 7) is 0.591. The van der Waals surface area contributed by atoms with Crippen LogP contribution in [-0.2, 0) is 27.3 Å². The Morgan fingerprint density at radius 2 is 1.60 bits per heavy atom. The van der Waals surface area contributed by atoms with Crippen LogP contribution in [0.15, 0.2) is 83.8 Å². The van der Waals surface area contributed by atoms with Gasteiger partial charge in [-0.1, -0.05) is 60.7 Å². The van der Waals surface area contributed by atoms with Gasteiger partial charge in [0, 0.05) is 25.2 Å². The van der Waals surface area contributed by atoms with Gasteiger partial charge in [0.2, 0.25) is 11.7 Å². The van der Waals surface area contributed by atoms with Crippen LogP contribution >= 0.6 is 0 Å². The summed E-state index contributed by atoms with van der Waals surface area (Å²) in [5.41, 5.74) is 4.31. The molecule has 0 saturated carbocycles. The standard InChI is InChI=1S/C27H25N3O5/c31-23(16-24(32)26(34)28-30-13-7-12-25(30)33)22-15-21(14-19-8-3-1-4-9-19)18-29(27(22)35)17-20-10-5-2-6-11-20/h1-6,8-11,15-16,18,31H,7,12-14,17H2,(H,28,34). The lowest BCUT2D eigenvalue weighted by atomic mass is 10.0. The fraction of sp³-hybridized carbons (Fsp3) is 0.185. The van der Waals surface area contributed by atoms with E-state index in [1.807, 2.05) is 60.7 Å². The Balaban J connectivity index is 1.64. The number of hydrogen-bond donors (Lipinski definition) is 2. The van der Waals surface area contributed by atoms with Gasteiger partial charge < -0.3 is 9.67 Å². The van der Waals surface area contributed by atoms with Gasteiger partial charge in [-0.3, -0.25) is 29.6 Å². The Bertz CT molecular complexity index is 1330. The molecule has 0 unspecified atom stereocenters. The Kier molecular flexibility index (Phi) is 7.21. The fourth-order valence-electron chi connectivity index (χ4n) is 3.92. The molecule has 8 heteroatoms. The van der Waals surface area contributed by atoms with E-state index in [9.17, 15) is 24.3 Å². The van der Waals surface area contributed by atoms with Crippen LogP contribution in [0.5, 0.6) is 0 Å². The van der Waals surface area contributed by atoms with E-state index in [2.05, 4.69) is 5.43 Å². The lowest BCUT2D eigenvalue weighted by Crippen LogP contribution is -2.45. The lowest BCUT2D eigenvalue weighted by molar-refractivity contribution is -0.143. The van der Waals surface area contributed by atoms with E-state index in [1.54, 1.807) is 6.20 Å². The van der Waals surface area contributed by atoms with Gasteiger partial charge in [0.1, 0.15) is 5.76 Å². The number of hydrogen-bond acceptors (Lipinski definition) is 5. The Morgan fingerprint density at radius 3 is 2.23 bits per heavy atom. The highest BCUT2D eigenvalue weighted by Gasteiger charge is 2.24. The third-order valence-corrected chi connectivity index (χ3v) is 5.67. The summed E-state index contributed by atoms with van der Waals surface area (Å²) in [7, 11) is 0. The number of pyridine rings is 1. The first kappa shape index (κ1) is 23.7. The van der Waals surface area contributed by atoms with Gasteiger partial charge in [-0.2, -0.15) is 0 Å². The number of ketones is 1. The number of rotatable bonds is 8. The second kappa shape index (κ2) is 10.6. The van der Waals surface area contributed by atoms with Crippen molar-refractivity contribution in [1.29, 1.82) is 0 Å². The normalized spacial score (nSPS) is 13.7. The van der Waals surface area contributed by atoms with Crippen molar-refractivity contribution < 1.29 is 19.5 Å². The SMILES string of the molecule is O=C(C=C(O)c1cc(Cc2ccccc2)cn(Cc2ccccc2)c1=O)C(=O)NN1CCCC1=O. The number of hydrazine groups is 1. The van der Waals surface area contributed by atoms with E-state index >= 15 is 0 Å². The van der Waals surface area contributed by atoms with Crippen molar-refractivity contribution in [3.8, 4) is 0 Å². The molecule has 4 rings (SSSR count). The van der Waals surface area contributed by atoms with Gasteiger partial charge in [0.05, 0.1) is 12.1 Å². The molecule has 0 radical (unpaired) electrons. The van der Waals surface area contributed by atoms with Crippen LogP contribution in [0.1, 0.15) is 35.1 Å². The van der Waals surface area contributed by atoms with Crippen molar-refractivity contribution in [2.75, 3.05) is 6.54 Å². The number of carbonyl (C=O) groups is 3. The number of benzene rings is 2. The molecule has 1 saturated heterocycles. The van der Waals surface area contributed by atoms with Crippen LogP contribution in [0.25, 0.3) is 5.76 Å². The van der Waals surface area contributed by atoms with Gasteiger partial charge in [-0.05, 0) is 35.6 Å². The second-order valence-electron chi connectivity index (χ2n) is 8.33. The molecule has 1 aromatic heterocycles. The average Bonchev–Trinajstić information content (AvgIpc) is 3.26. The molecule has 0 atom stereocenters. The van der Waals surface area contributed by atoms with Crippen LogP contribution in [0.3, 0.4) is 0 Å². The quantitative estimate of drug-likeness (QED) is 0.298. The maximum atomic E-state index is 13.2. The molecule has 2 aromatic carbocycles. The summed E-state index contributed by atoms with van der Waals surface area (Å²) in [6, 6.07) is 20.6. The van der Waals surface area contributed by atoms with E-state index in [0.29, 0.717) is 31.9 Å². The van der Waals surface area contributed by atoms with Crippen LogP contribution in [0.2, 0.25) is 0 Å². The third kappa shape index (κ3) is 5.92. The number of nitrogens with one attached hydrogen (secondary N) is 1. The zero-order valence-electron chi connectivity index (χ0n) is 19.0. The maximum Gasteiger partial charge on any atom is 0.310 e. The zero-order chi connectivity index (χ0) is 24.8. The van der Waals surface area contributed by atoms with E-state index in [-0.39, 0.29) is 18.0 Å². The second-order valence-corrected chi connectivity index (χ2v) is 8.33. The van der Waals surface area contributed by atoms with E-state index in [1.165, 1.54) is 10.6 Å². The van der Waals surface area contributed by atoms with E-state index in [4.69, 9.17) is 0 Å². The van der Waals surface area contributed by atoms with Crippen molar-refractivity contribution in [1.82, 2.24) is 15.0 Å². The first-order chi connectivity index (χ1) is 16.9. The van der Waals surface area contributed by atoms with Crippen molar-refractivity contribution in [2.45, 2.75) is 25.8 Å².